The van der Waals surface area contributed by atoms with Crippen LogP contribution in [0, 0.1) is 13.0 Å². The molecule has 1 rings (SSSR count). The average molecular weight is 114 g/mol. The highest BCUT2D eigenvalue weighted by molar-refractivity contribution is 5.74. The largest absolute Gasteiger partial charge is 0.462 e. The molecule has 3 nitrogen and oxygen atoms in total. The van der Waals surface area contributed by atoms with Crippen LogP contribution in [-0.2, 0) is 9.53 Å². The maximum atomic E-state index is 10.5. The topological polar surface area (TPSA) is 38.3 Å². The minimum Gasteiger partial charge on any atom is -0.462 e. The van der Waals surface area contributed by atoms with Crippen LogP contribution in [-0.4, -0.2) is 19.1 Å². The molecule has 0 saturated carbocycles. The summed E-state index contributed by atoms with van der Waals surface area (Å²) in [5.74, 6) is -0.142. The lowest BCUT2D eigenvalue weighted by atomic mass is 10.0. The molecule has 45 valence electrons. The van der Waals surface area contributed by atoms with E-state index in [-0.39, 0.29) is 11.9 Å². The van der Waals surface area contributed by atoms with Crippen LogP contribution in [0.25, 0.3) is 0 Å². The summed E-state index contributed by atoms with van der Waals surface area (Å²) in [4.78, 5) is 10.5. The van der Waals surface area contributed by atoms with Crippen LogP contribution >= 0.6 is 0 Å². The number of esters is 1. The van der Waals surface area contributed by atoms with E-state index < -0.39 is 0 Å². The molecule has 0 bridgehead atoms. The molecule has 3 heteroatoms. The lowest BCUT2D eigenvalue weighted by Gasteiger charge is -2.23. The maximum Gasteiger partial charge on any atom is 0.311 e. The van der Waals surface area contributed by atoms with E-state index in [2.05, 4.69) is 17.2 Å². The quantitative estimate of drug-likeness (QED) is 0.469. The van der Waals surface area contributed by atoms with Gasteiger partial charge in [-0.15, -0.1) is 0 Å². The third kappa shape index (κ3) is 0.816. The van der Waals surface area contributed by atoms with Crippen LogP contribution in [0.2, 0.25) is 0 Å². The van der Waals surface area contributed by atoms with Crippen LogP contribution in [0.5, 0.6) is 0 Å². The molecule has 0 aromatic rings. The van der Waals surface area contributed by atoms with Gasteiger partial charge in [-0.05, 0) is 0 Å². The van der Waals surface area contributed by atoms with Gasteiger partial charge in [0.25, 0.3) is 0 Å². The predicted molar refractivity (Wildman–Crippen MR) is 27.8 cm³/mol. The van der Waals surface area contributed by atoms with Crippen molar-refractivity contribution in [2.24, 2.45) is 5.92 Å². The van der Waals surface area contributed by atoms with Gasteiger partial charge in [-0.2, -0.15) is 0 Å². The van der Waals surface area contributed by atoms with Gasteiger partial charge in [-0.3, -0.25) is 4.79 Å². The normalized spacial score (nSPS) is 19.6. The Balaban J connectivity index is 2.24. The van der Waals surface area contributed by atoms with Crippen molar-refractivity contribution in [3.8, 4) is 0 Å². The van der Waals surface area contributed by atoms with Gasteiger partial charge in [0.2, 0.25) is 0 Å². The van der Waals surface area contributed by atoms with Crippen molar-refractivity contribution in [3.05, 3.63) is 7.11 Å². The number of ether oxygens (including phenoxy) is 1. The average Bonchev–Trinajstić information content (AvgIpc) is 1.62. The molecule has 1 radical (unpaired) electrons. The number of carbonyl (C=O) groups is 1. The first-order valence-electron chi connectivity index (χ1n) is 2.51. The van der Waals surface area contributed by atoms with Crippen LogP contribution < -0.4 is 5.32 Å². The van der Waals surface area contributed by atoms with Crippen LogP contribution in [0.4, 0.5) is 0 Å². The van der Waals surface area contributed by atoms with Crippen molar-refractivity contribution in [2.45, 2.75) is 0 Å². The minimum atomic E-state index is -0.205. The molecule has 1 fully saturated rings. The van der Waals surface area contributed by atoms with E-state index in [4.69, 9.17) is 0 Å². The summed E-state index contributed by atoms with van der Waals surface area (Å²) in [6.45, 7) is 1.49. The summed E-state index contributed by atoms with van der Waals surface area (Å²) >= 11 is 0. The summed E-state index contributed by atoms with van der Waals surface area (Å²) < 4.78 is 4.23. The van der Waals surface area contributed by atoms with Crippen molar-refractivity contribution in [2.75, 3.05) is 13.1 Å². The highest BCUT2D eigenvalue weighted by Gasteiger charge is 2.24. The fraction of sp³-hybridized carbons (Fsp3) is 0.600. The van der Waals surface area contributed by atoms with Crippen molar-refractivity contribution < 1.29 is 9.53 Å². The summed E-state index contributed by atoms with van der Waals surface area (Å²) in [5.41, 5.74) is 0. The number of hydrogen-bond donors (Lipinski definition) is 1. The minimum absolute atomic E-state index is 0.0625. The second-order valence-electron chi connectivity index (χ2n) is 1.82. The number of nitrogens with one attached hydrogen (secondary N) is 1. The lowest BCUT2D eigenvalue weighted by Crippen LogP contribution is -2.46. The van der Waals surface area contributed by atoms with Gasteiger partial charge < -0.3 is 10.1 Å². The standard InChI is InChI=1S/C5H8NO2/c1-8-5(7)4-2-6-3-4/h4,6H,1-3H2. The zero-order valence-corrected chi connectivity index (χ0v) is 4.52. The highest BCUT2D eigenvalue weighted by atomic mass is 16.5. The maximum absolute atomic E-state index is 10.5. The molecule has 1 N–H and O–H groups in total. The molecular formula is C5H8NO2. The zero-order valence-electron chi connectivity index (χ0n) is 4.52. The number of rotatable bonds is 1. The van der Waals surface area contributed by atoms with E-state index in [1.807, 2.05) is 0 Å². The molecule has 1 heterocycles. The Kier molecular flexibility index (Phi) is 1.48. The van der Waals surface area contributed by atoms with Gasteiger partial charge in [0, 0.05) is 13.1 Å². The third-order valence-electron chi connectivity index (χ3n) is 1.26. The summed E-state index contributed by atoms with van der Waals surface area (Å²) in [5, 5.41) is 2.95. The van der Waals surface area contributed by atoms with Gasteiger partial charge >= 0.3 is 5.97 Å². The fourth-order valence-electron chi connectivity index (χ4n) is 0.573. The zero-order chi connectivity index (χ0) is 5.98. The van der Waals surface area contributed by atoms with E-state index in [1.54, 1.807) is 0 Å². The Morgan fingerprint density at radius 1 is 1.75 bits per heavy atom. The smallest absolute Gasteiger partial charge is 0.311 e. The highest BCUT2D eigenvalue weighted by Crippen LogP contribution is 2.03. The summed E-state index contributed by atoms with van der Waals surface area (Å²) in [6.07, 6.45) is 0. The van der Waals surface area contributed by atoms with Crippen molar-refractivity contribution in [1.82, 2.24) is 5.32 Å². The van der Waals surface area contributed by atoms with Crippen molar-refractivity contribution in [1.29, 1.82) is 0 Å². The Hall–Kier alpha value is -0.570. The molecule has 0 spiro atoms. The van der Waals surface area contributed by atoms with Crippen LogP contribution in [0.1, 0.15) is 0 Å². The van der Waals surface area contributed by atoms with E-state index in [1.165, 1.54) is 0 Å². The molecule has 0 unspecified atom stereocenters. The molecule has 0 atom stereocenters. The molecule has 8 heavy (non-hydrogen) atoms. The van der Waals surface area contributed by atoms with Gasteiger partial charge in [-0.1, -0.05) is 0 Å². The van der Waals surface area contributed by atoms with Crippen molar-refractivity contribution in [3.63, 3.8) is 0 Å². The van der Waals surface area contributed by atoms with E-state index in [0.717, 1.165) is 13.1 Å². The predicted octanol–water partition coefficient (Wildman–Crippen LogP) is -0.459. The van der Waals surface area contributed by atoms with Crippen LogP contribution in [0.3, 0.4) is 0 Å². The van der Waals surface area contributed by atoms with Gasteiger partial charge in [0.15, 0.2) is 0 Å². The first kappa shape index (κ1) is 5.56. The van der Waals surface area contributed by atoms with Crippen molar-refractivity contribution >= 4 is 5.97 Å². The lowest BCUT2D eigenvalue weighted by molar-refractivity contribution is -0.144. The second-order valence-corrected chi connectivity index (χ2v) is 1.82. The van der Waals surface area contributed by atoms with E-state index in [0.29, 0.717) is 0 Å². The first-order valence-corrected chi connectivity index (χ1v) is 2.51. The van der Waals surface area contributed by atoms with Gasteiger partial charge in [0.1, 0.15) is 7.11 Å². The number of carbonyl (C=O) groups excluding carboxylic acids is 1. The van der Waals surface area contributed by atoms with Crippen LogP contribution in [0.15, 0.2) is 0 Å². The SMILES string of the molecule is [CH2]OC(=O)C1CNC1. The van der Waals surface area contributed by atoms with E-state index >= 15 is 0 Å². The number of hydrogen-bond acceptors (Lipinski definition) is 3. The molecule has 1 aliphatic rings. The monoisotopic (exact) mass is 114 g/mol. The molecule has 0 aromatic heterocycles. The summed E-state index contributed by atoms with van der Waals surface area (Å²) in [7, 11) is 3.01. The third-order valence-corrected chi connectivity index (χ3v) is 1.26. The molecule has 0 aromatic carbocycles. The molecule has 0 amide bonds. The fourth-order valence-corrected chi connectivity index (χ4v) is 0.573. The Labute approximate surface area is 48.0 Å². The Morgan fingerprint density at radius 3 is 2.50 bits per heavy atom. The second kappa shape index (κ2) is 2.13. The summed E-state index contributed by atoms with van der Waals surface area (Å²) in [6, 6.07) is 0. The first-order chi connectivity index (χ1) is 3.84. The Morgan fingerprint density at radius 2 is 2.38 bits per heavy atom. The van der Waals surface area contributed by atoms with Gasteiger partial charge in [0.05, 0.1) is 5.92 Å². The molecular weight excluding hydrogens is 106 g/mol. The van der Waals surface area contributed by atoms with E-state index in [9.17, 15) is 4.79 Å². The molecule has 1 saturated heterocycles. The molecule has 0 aliphatic carbocycles. The molecule has 1 aliphatic heterocycles. The Bertz CT molecular complexity index is 98.6. The van der Waals surface area contributed by atoms with Gasteiger partial charge in [-0.25, -0.2) is 0 Å².